The maximum absolute atomic E-state index is 11.4. The first-order valence-corrected chi connectivity index (χ1v) is 6.37. The highest BCUT2D eigenvalue weighted by atomic mass is 16.2. The molecule has 0 fully saturated rings. The van der Waals surface area contributed by atoms with Crippen molar-refractivity contribution in [3.8, 4) is 0 Å². The van der Waals surface area contributed by atoms with E-state index in [2.05, 4.69) is 10.6 Å². The maximum atomic E-state index is 11.4. The van der Waals surface area contributed by atoms with Crippen LogP contribution >= 0.6 is 0 Å². The van der Waals surface area contributed by atoms with Gasteiger partial charge in [0.25, 0.3) is 0 Å². The van der Waals surface area contributed by atoms with Crippen molar-refractivity contribution in [1.29, 1.82) is 0 Å². The number of primary amides is 1. The molecule has 1 aromatic carbocycles. The molecule has 0 bridgehead atoms. The van der Waals surface area contributed by atoms with Crippen LogP contribution in [0, 0.1) is 5.92 Å². The molecule has 5 heteroatoms. The molecule has 0 aliphatic rings. The summed E-state index contributed by atoms with van der Waals surface area (Å²) in [6.45, 7) is 4.62. The Hall–Kier alpha value is -1.88. The first-order valence-electron chi connectivity index (χ1n) is 6.37. The smallest absolute Gasteiger partial charge is 0.239 e. The normalized spacial score (nSPS) is 12.2. The van der Waals surface area contributed by atoms with Crippen LogP contribution in [-0.2, 0) is 9.59 Å². The fourth-order valence-electron chi connectivity index (χ4n) is 1.63. The Morgan fingerprint density at radius 2 is 1.79 bits per heavy atom. The van der Waals surface area contributed by atoms with Gasteiger partial charge >= 0.3 is 0 Å². The lowest BCUT2D eigenvalue weighted by Gasteiger charge is -2.16. The summed E-state index contributed by atoms with van der Waals surface area (Å²) >= 11 is 0. The molecule has 0 saturated heterocycles. The van der Waals surface area contributed by atoms with Crippen LogP contribution in [-0.4, -0.2) is 24.9 Å². The van der Waals surface area contributed by atoms with Crippen molar-refractivity contribution in [1.82, 2.24) is 10.6 Å². The van der Waals surface area contributed by atoms with E-state index < -0.39 is 11.9 Å². The van der Waals surface area contributed by atoms with Crippen LogP contribution in [0.1, 0.15) is 25.5 Å². The number of hydrogen-bond acceptors (Lipinski definition) is 3. The van der Waals surface area contributed by atoms with Gasteiger partial charge < -0.3 is 16.4 Å². The van der Waals surface area contributed by atoms with E-state index in [0.29, 0.717) is 13.1 Å². The standard InChI is InChI=1S/C14H21N3O2/c1-10(2)14(19)17-9-8-16-12(13(15)18)11-6-4-3-5-7-11/h3-7,10,12,16H,8-9H2,1-2H3,(H2,15,18)(H,17,19). The Kier molecular flexibility index (Phi) is 6.02. The molecule has 0 aliphatic heterocycles. The number of amides is 2. The molecular weight excluding hydrogens is 242 g/mol. The predicted molar refractivity (Wildman–Crippen MR) is 74.2 cm³/mol. The van der Waals surface area contributed by atoms with Crippen molar-refractivity contribution in [3.63, 3.8) is 0 Å². The second-order valence-corrected chi connectivity index (χ2v) is 4.65. The molecule has 1 atom stereocenters. The number of carbonyl (C=O) groups is 2. The van der Waals surface area contributed by atoms with Crippen molar-refractivity contribution in [2.75, 3.05) is 13.1 Å². The summed E-state index contributed by atoms with van der Waals surface area (Å²) < 4.78 is 0. The molecule has 0 aromatic heterocycles. The summed E-state index contributed by atoms with van der Waals surface area (Å²) in [5.74, 6) is -0.473. The van der Waals surface area contributed by atoms with Gasteiger partial charge in [0.2, 0.25) is 11.8 Å². The Morgan fingerprint density at radius 3 is 2.32 bits per heavy atom. The van der Waals surface area contributed by atoms with Gasteiger partial charge in [-0.3, -0.25) is 9.59 Å². The first kappa shape index (κ1) is 15.2. The van der Waals surface area contributed by atoms with Crippen molar-refractivity contribution < 1.29 is 9.59 Å². The molecule has 0 aliphatic carbocycles. The summed E-state index contributed by atoms with van der Waals surface area (Å²) in [5.41, 5.74) is 6.19. The lowest BCUT2D eigenvalue weighted by molar-refractivity contribution is -0.123. The van der Waals surface area contributed by atoms with Gasteiger partial charge in [-0.15, -0.1) is 0 Å². The Bertz CT molecular complexity index is 418. The molecule has 104 valence electrons. The summed E-state index contributed by atoms with van der Waals surface area (Å²) in [6, 6.07) is 8.74. The highest BCUT2D eigenvalue weighted by Crippen LogP contribution is 2.11. The van der Waals surface area contributed by atoms with Crippen LogP contribution in [0.25, 0.3) is 0 Å². The third-order valence-electron chi connectivity index (χ3n) is 2.71. The molecule has 2 amide bonds. The number of carbonyl (C=O) groups excluding carboxylic acids is 2. The van der Waals surface area contributed by atoms with Gasteiger partial charge in [0.05, 0.1) is 0 Å². The van der Waals surface area contributed by atoms with Crippen molar-refractivity contribution >= 4 is 11.8 Å². The highest BCUT2D eigenvalue weighted by molar-refractivity contribution is 5.81. The van der Waals surface area contributed by atoms with Crippen LogP contribution in [0.5, 0.6) is 0 Å². The van der Waals surface area contributed by atoms with Crippen LogP contribution in [0.3, 0.4) is 0 Å². The van der Waals surface area contributed by atoms with Crippen molar-refractivity contribution in [2.45, 2.75) is 19.9 Å². The molecule has 1 rings (SSSR count). The monoisotopic (exact) mass is 263 g/mol. The summed E-state index contributed by atoms with van der Waals surface area (Å²) in [7, 11) is 0. The Labute approximate surface area is 113 Å². The third-order valence-corrected chi connectivity index (χ3v) is 2.71. The lowest BCUT2D eigenvalue weighted by Crippen LogP contribution is -2.39. The minimum atomic E-state index is -0.530. The van der Waals surface area contributed by atoms with E-state index in [4.69, 9.17) is 5.73 Å². The van der Waals surface area contributed by atoms with Crippen molar-refractivity contribution in [2.24, 2.45) is 11.7 Å². The minimum Gasteiger partial charge on any atom is -0.368 e. The summed E-state index contributed by atoms with van der Waals surface area (Å²) in [5, 5.41) is 5.81. The minimum absolute atomic E-state index is 0.00265. The van der Waals surface area contributed by atoms with Gasteiger partial charge in [-0.1, -0.05) is 44.2 Å². The molecule has 5 nitrogen and oxygen atoms in total. The fraction of sp³-hybridized carbons (Fsp3) is 0.429. The first-order chi connectivity index (χ1) is 9.02. The zero-order chi connectivity index (χ0) is 14.3. The maximum Gasteiger partial charge on any atom is 0.239 e. The Morgan fingerprint density at radius 1 is 1.16 bits per heavy atom. The molecule has 0 saturated carbocycles. The highest BCUT2D eigenvalue weighted by Gasteiger charge is 2.16. The van der Waals surface area contributed by atoms with Crippen LogP contribution in [0.15, 0.2) is 30.3 Å². The second kappa shape index (κ2) is 7.53. The van der Waals surface area contributed by atoms with E-state index in [-0.39, 0.29) is 11.8 Å². The number of nitrogens with one attached hydrogen (secondary N) is 2. The molecular formula is C14H21N3O2. The molecule has 0 heterocycles. The number of hydrogen-bond donors (Lipinski definition) is 3. The number of rotatable bonds is 7. The number of nitrogens with two attached hydrogens (primary N) is 1. The average Bonchev–Trinajstić information content (AvgIpc) is 2.38. The second-order valence-electron chi connectivity index (χ2n) is 4.65. The molecule has 0 spiro atoms. The summed E-state index contributed by atoms with van der Waals surface area (Å²) in [6.07, 6.45) is 0. The SMILES string of the molecule is CC(C)C(=O)NCCNC(C(N)=O)c1ccccc1. The van der Waals surface area contributed by atoms with Crippen molar-refractivity contribution in [3.05, 3.63) is 35.9 Å². The predicted octanol–water partition coefficient (Wildman–Crippen LogP) is 0.575. The average molecular weight is 263 g/mol. The largest absolute Gasteiger partial charge is 0.368 e. The van der Waals surface area contributed by atoms with E-state index in [1.807, 2.05) is 44.2 Å². The van der Waals surface area contributed by atoms with Crippen LogP contribution in [0.2, 0.25) is 0 Å². The molecule has 0 radical (unpaired) electrons. The van der Waals surface area contributed by atoms with E-state index in [1.54, 1.807) is 0 Å². The van der Waals surface area contributed by atoms with Gasteiger partial charge in [-0.25, -0.2) is 0 Å². The van der Waals surface area contributed by atoms with Crippen LogP contribution in [0.4, 0.5) is 0 Å². The Balaban J connectivity index is 2.44. The zero-order valence-corrected chi connectivity index (χ0v) is 11.3. The number of benzene rings is 1. The van der Waals surface area contributed by atoms with E-state index in [0.717, 1.165) is 5.56 Å². The topological polar surface area (TPSA) is 84.2 Å². The summed E-state index contributed by atoms with van der Waals surface area (Å²) in [4.78, 5) is 22.8. The van der Waals surface area contributed by atoms with Gasteiger partial charge in [0, 0.05) is 19.0 Å². The molecule has 1 aromatic rings. The lowest BCUT2D eigenvalue weighted by atomic mass is 10.1. The quantitative estimate of drug-likeness (QED) is 0.629. The molecule has 1 unspecified atom stereocenters. The van der Waals surface area contributed by atoms with Gasteiger partial charge in [0.1, 0.15) is 6.04 Å². The zero-order valence-electron chi connectivity index (χ0n) is 11.3. The van der Waals surface area contributed by atoms with Gasteiger partial charge in [-0.2, -0.15) is 0 Å². The van der Waals surface area contributed by atoms with E-state index in [9.17, 15) is 9.59 Å². The van der Waals surface area contributed by atoms with E-state index >= 15 is 0 Å². The van der Waals surface area contributed by atoms with Crippen LogP contribution < -0.4 is 16.4 Å². The third kappa shape index (κ3) is 5.09. The molecule has 4 N–H and O–H groups in total. The van der Waals surface area contributed by atoms with E-state index in [1.165, 1.54) is 0 Å². The van der Waals surface area contributed by atoms with Gasteiger partial charge in [-0.05, 0) is 5.56 Å². The fourth-order valence-corrected chi connectivity index (χ4v) is 1.63. The molecule has 19 heavy (non-hydrogen) atoms. The van der Waals surface area contributed by atoms with Gasteiger partial charge in [0.15, 0.2) is 0 Å².